The molecule has 1 aromatic carbocycles. The number of hydrogen-bond acceptors (Lipinski definition) is 3. The lowest BCUT2D eigenvalue weighted by Gasteiger charge is -1.96. The highest BCUT2D eigenvalue weighted by Crippen LogP contribution is 2.28. The molecule has 0 radical (unpaired) electrons. The zero-order valence-corrected chi connectivity index (χ0v) is 8.84. The third-order valence-corrected chi connectivity index (χ3v) is 2.99. The average molecular weight is 229 g/mol. The van der Waals surface area contributed by atoms with E-state index >= 15 is 0 Å². The number of nitrogens with zero attached hydrogens (tertiary/aromatic N) is 1. The van der Waals surface area contributed by atoms with Crippen molar-refractivity contribution in [3.05, 3.63) is 33.2 Å². The minimum absolute atomic E-state index is 0.662. The van der Waals surface area contributed by atoms with Crippen LogP contribution in [-0.4, -0.2) is 10.2 Å². The lowest BCUT2D eigenvalue weighted by atomic mass is 10.2. The van der Waals surface area contributed by atoms with E-state index in [4.69, 9.17) is 23.8 Å². The van der Waals surface area contributed by atoms with E-state index in [1.54, 1.807) is 0 Å². The van der Waals surface area contributed by atoms with Crippen LogP contribution in [0.25, 0.3) is 10.6 Å². The first kappa shape index (κ1) is 8.87. The molecule has 0 saturated heterocycles. The predicted molar refractivity (Wildman–Crippen MR) is 57.7 cm³/mol. The molecule has 0 aliphatic heterocycles. The molecule has 0 amide bonds. The summed E-state index contributed by atoms with van der Waals surface area (Å²) < 4.78 is 0.662. The van der Waals surface area contributed by atoms with Crippen LogP contribution in [0.5, 0.6) is 0 Å². The summed E-state index contributed by atoms with van der Waals surface area (Å²) in [6, 6.07) is 7.56. The van der Waals surface area contributed by atoms with Crippen LogP contribution in [0.3, 0.4) is 0 Å². The number of aromatic nitrogens is 2. The van der Waals surface area contributed by atoms with E-state index in [1.165, 1.54) is 11.3 Å². The monoisotopic (exact) mass is 228 g/mol. The zero-order chi connectivity index (χ0) is 9.26. The van der Waals surface area contributed by atoms with Crippen LogP contribution >= 0.6 is 35.2 Å². The fraction of sp³-hybridized carbons (Fsp3) is 0. The minimum Gasteiger partial charge on any atom is -0.258 e. The Morgan fingerprint density at radius 1 is 1.38 bits per heavy atom. The summed E-state index contributed by atoms with van der Waals surface area (Å²) >= 11 is 12.3. The number of halogens is 1. The van der Waals surface area contributed by atoms with Crippen LogP contribution in [0, 0.1) is 3.95 Å². The highest BCUT2D eigenvalue weighted by Gasteiger charge is 2.04. The third-order valence-electron chi connectivity index (χ3n) is 1.54. The van der Waals surface area contributed by atoms with Gasteiger partial charge in [-0.05, 0) is 18.3 Å². The molecular weight excluding hydrogens is 224 g/mol. The largest absolute Gasteiger partial charge is 0.258 e. The van der Waals surface area contributed by atoms with Crippen molar-refractivity contribution >= 4 is 35.2 Å². The van der Waals surface area contributed by atoms with E-state index in [0.29, 0.717) is 8.98 Å². The van der Waals surface area contributed by atoms with Crippen LogP contribution < -0.4 is 0 Å². The molecule has 0 aliphatic carbocycles. The zero-order valence-electron chi connectivity index (χ0n) is 6.45. The molecule has 0 bridgehead atoms. The summed E-state index contributed by atoms with van der Waals surface area (Å²) in [7, 11) is 0. The maximum absolute atomic E-state index is 5.99. The molecule has 0 saturated carbocycles. The van der Waals surface area contributed by atoms with Crippen LogP contribution in [0.4, 0.5) is 0 Å². The third kappa shape index (κ3) is 1.80. The smallest absolute Gasteiger partial charge is 0.176 e. The van der Waals surface area contributed by atoms with Crippen molar-refractivity contribution in [2.24, 2.45) is 0 Å². The molecule has 13 heavy (non-hydrogen) atoms. The van der Waals surface area contributed by atoms with Gasteiger partial charge in [0.2, 0.25) is 0 Å². The van der Waals surface area contributed by atoms with Gasteiger partial charge in [0, 0.05) is 5.56 Å². The van der Waals surface area contributed by atoms with E-state index in [2.05, 4.69) is 10.2 Å². The van der Waals surface area contributed by atoms with Crippen LogP contribution in [0.15, 0.2) is 24.3 Å². The molecule has 2 rings (SSSR count). The summed E-state index contributed by atoms with van der Waals surface area (Å²) in [6.07, 6.45) is 0. The Kier molecular flexibility index (Phi) is 2.44. The maximum atomic E-state index is 5.99. The van der Waals surface area contributed by atoms with Crippen molar-refractivity contribution in [2.75, 3.05) is 0 Å². The van der Waals surface area contributed by atoms with Crippen molar-refractivity contribution in [3.8, 4) is 10.6 Å². The molecule has 0 unspecified atom stereocenters. The molecule has 1 N–H and O–H groups in total. The van der Waals surface area contributed by atoms with Gasteiger partial charge in [-0.15, -0.1) is 0 Å². The average Bonchev–Trinajstić information content (AvgIpc) is 2.53. The highest BCUT2D eigenvalue weighted by molar-refractivity contribution is 7.73. The molecule has 0 atom stereocenters. The predicted octanol–water partition coefficient (Wildman–Crippen LogP) is 3.52. The van der Waals surface area contributed by atoms with E-state index in [-0.39, 0.29) is 0 Å². The van der Waals surface area contributed by atoms with Crippen molar-refractivity contribution in [1.82, 2.24) is 10.2 Å². The molecule has 0 fully saturated rings. The van der Waals surface area contributed by atoms with Gasteiger partial charge < -0.3 is 0 Å². The van der Waals surface area contributed by atoms with Gasteiger partial charge in [-0.3, -0.25) is 5.10 Å². The summed E-state index contributed by atoms with van der Waals surface area (Å²) in [4.78, 5) is 0. The lowest BCUT2D eigenvalue weighted by molar-refractivity contribution is 1.08. The normalized spacial score (nSPS) is 10.2. The second-order valence-electron chi connectivity index (χ2n) is 2.40. The fourth-order valence-corrected chi connectivity index (χ4v) is 2.19. The minimum atomic E-state index is 0.662. The van der Waals surface area contributed by atoms with Crippen molar-refractivity contribution in [2.45, 2.75) is 0 Å². The van der Waals surface area contributed by atoms with Gasteiger partial charge in [0.1, 0.15) is 5.01 Å². The number of nitrogens with one attached hydrogen (secondary N) is 1. The lowest BCUT2D eigenvalue weighted by Crippen LogP contribution is -1.77. The Balaban J connectivity index is 2.58. The van der Waals surface area contributed by atoms with Gasteiger partial charge in [-0.25, -0.2) is 0 Å². The molecule has 0 spiro atoms. The Morgan fingerprint density at radius 2 is 2.15 bits per heavy atom. The molecule has 2 aromatic rings. The molecular formula is C8H5ClN2S2. The summed E-state index contributed by atoms with van der Waals surface area (Å²) in [5, 5.41) is 8.29. The molecule has 0 aliphatic rings. The first-order chi connectivity index (χ1) is 6.27. The molecule has 1 heterocycles. The van der Waals surface area contributed by atoms with Crippen LogP contribution in [0.1, 0.15) is 0 Å². The van der Waals surface area contributed by atoms with Crippen molar-refractivity contribution < 1.29 is 0 Å². The van der Waals surface area contributed by atoms with Gasteiger partial charge in [0.15, 0.2) is 3.95 Å². The van der Waals surface area contributed by atoms with Crippen molar-refractivity contribution in [3.63, 3.8) is 0 Å². The standard InChI is InChI=1S/C8H5ClN2S2/c9-6-4-2-1-3-5(6)7-10-11-8(12)13-7/h1-4H,(H,11,12). The van der Waals surface area contributed by atoms with E-state index in [9.17, 15) is 0 Å². The van der Waals surface area contributed by atoms with Crippen LogP contribution in [-0.2, 0) is 0 Å². The number of aromatic amines is 1. The SMILES string of the molecule is S=c1[nH]nc(-c2ccccc2Cl)s1. The summed E-state index contributed by atoms with van der Waals surface area (Å²) in [5.41, 5.74) is 0.918. The van der Waals surface area contributed by atoms with E-state index in [1.807, 2.05) is 24.3 Å². The van der Waals surface area contributed by atoms with Gasteiger partial charge in [-0.1, -0.05) is 41.1 Å². The number of benzene rings is 1. The highest BCUT2D eigenvalue weighted by atomic mass is 35.5. The first-order valence-electron chi connectivity index (χ1n) is 3.58. The van der Waals surface area contributed by atoms with Crippen molar-refractivity contribution in [1.29, 1.82) is 0 Å². The second-order valence-corrected chi connectivity index (χ2v) is 4.47. The number of rotatable bonds is 1. The topological polar surface area (TPSA) is 28.7 Å². The molecule has 5 heteroatoms. The summed E-state index contributed by atoms with van der Waals surface area (Å²) in [5.74, 6) is 0. The van der Waals surface area contributed by atoms with E-state index < -0.39 is 0 Å². The van der Waals surface area contributed by atoms with Crippen LogP contribution in [0.2, 0.25) is 5.02 Å². The van der Waals surface area contributed by atoms with Gasteiger partial charge in [-0.2, -0.15) is 5.10 Å². The molecule has 1 aromatic heterocycles. The Bertz CT molecular complexity index is 475. The maximum Gasteiger partial charge on any atom is 0.176 e. The molecule has 2 nitrogen and oxygen atoms in total. The fourth-order valence-electron chi connectivity index (χ4n) is 0.980. The number of H-pyrrole nitrogens is 1. The first-order valence-corrected chi connectivity index (χ1v) is 5.18. The Morgan fingerprint density at radius 3 is 2.77 bits per heavy atom. The summed E-state index contributed by atoms with van der Waals surface area (Å²) in [6.45, 7) is 0. The Labute approximate surface area is 89.2 Å². The van der Waals surface area contributed by atoms with Gasteiger partial charge >= 0.3 is 0 Å². The van der Waals surface area contributed by atoms with Gasteiger partial charge in [0.05, 0.1) is 5.02 Å². The molecule has 66 valence electrons. The Hall–Kier alpha value is -0.710. The van der Waals surface area contributed by atoms with Gasteiger partial charge in [0.25, 0.3) is 0 Å². The second kappa shape index (κ2) is 3.57. The number of hydrogen-bond donors (Lipinski definition) is 1. The van der Waals surface area contributed by atoms with E-state index in [0.717, 1.165) is 10.6 Å². The quantitative estimate of drug-likeness (QED) is 0.757.